The van der Waals surface area contributed by atoms with Gasteiger partial charge >= 0.3 is 0 Å². The van der Waals surface area contributed by atoms with Crippen LogP contribution < -0.4 is 5.32 Å². The predicted molar refractivity (Wildman–Crippen MR) is 132 cm³/mol. The third-order valence-electron chi connectivity index (χ3n) is 6.57. The maximum absolute atomic E-state index is 13.2. The summed E-state index contributed by atoms with van der Waals surface area (Å²) < 4.78 is 5.25. The fourth-order valence-electron chi connectivity index (χ4n) is 4.81. The molecule has 0 bridgehead atoms. The molecule has 2 aromatic heterocycles. The molecule has 1 fully saturated rings. The Bertz CT molecular complexity index is 1300. The fourth-order valence-corrected chi connectivity index (χ4v) is 5.07. The minimum absolute atomic E-state index is 0.0474. The number of likely N-dealkylation sites (tertiary alicyclic amines) is 1. The van der Waals surface area contributed by atoms with Crippen LogP contribution in [0.2, 0.25) is 5.02 Å². The van der Waals surface area contributed by atoms with Crippen LogP contribution in [-0.4, -0.2) is 41.3 Å². The van der Waals surface area contributed by atoms with Gasteiger partial charge in [-0.25, -0.2) is 0 Å². The molecule has 174 valence electrons. The van der Waals surface area contributed by atoms with Gasteiger partial charge in [0.1, 0.15) is 0 Å². The van der Waals surface area contributed by atoms with E-state index in [1.54, 1.807) is 17.0 Å². The summed E-state index contributed by atoms with van der Waals surface area (Å²) in [5.41, 5.74) is 3.09. The number of halogens is 1. The summed E-state index contributed by atoms with van der Waals surface area (Å²) in [6, 6.07) is 19.2. The molecule has 0 unspecified atom stereocenters. The van der Waals surface area contributed by atoms with Gasteiger partial charge in [0.05, 0.1) is 12.2 Å². The van der Waals surface area contributed by atoms with Crippen LogP contribution >= 0.6 is 11.6 Å². The van der Waals surface area contributed by atoms with Crippen LogP contribution in [0.5, 0.6) is 0 Å². The largest absolute Gasteiger partial charge is 0.459 e. The van der Waals surface area contributed by atoms with Crippen LogP contribution in [-0.2, 0) is 4.79 Å². The van der Waals surface area contributed by atoms with Gasteiger partial charge in [-0.2, -0.15) is 0 Å². The highest BCUT2D eigenvalue weighted by atomic mass is 35.5. The lowest BCUT2D eigenvalue weighted by Gasteiger charge is -2.32. The number of H-pyrrole nitrogens is 1. The van der Waals surface area contributed by atoms with Gasteiger partial charge in [0.15, 0.2) is 5.76 Å². The number of carbonyl (C=O) groups excluding carboxylic acids is 2. The van der Waals surface area contributed by atoms with Crippen molar-refractivity contribution in [2.45, 2.75) is 18.8 Å². The van der Waals surface area contributed by atoms with Crippen molar-refractivity contribution in [3.8, 4) is 0 Å². The van der Waals surface area contributed by atoms with Gasteiger partial charge in [0.2, 0.25) is 5.91 Å². The zero-order valence-corrected chi connectivity index (χ0v) is 19.4. The van der Waals surface area contributed by atoms with Crippen molar-refractivity contribution in [3.05, 3.63) is 95.0 Å². The first-order valence-electron chi connectivity index (χ1n) is 11.5. The van der Waals surface area contributed by atoms with E-state index < -0.39 is 0 Å². The number of hydrogen-bond donors (Lipinski definition) is 2. The van der Waals surface area contributed by atoms with E-state index in [-0.39, 0.29) is 23.7 Å². The Labute approximate surface area is 202 Å². The number of furan rings is 1. The number of benzene rings is 2. The Morgan fingerprint density at radius 1 is 1.09 bits per heavy atom. The highest BCUT2D eigenvalue weighted by molar-refractivity contribution is 6.31. The number of aromatic amines is 1. The molecule has 0 saturated carbocycles. The molecule has 4 aromatic rings. The van der Waals surface area contributed by atoms with Gasteiger partial charge < -0.3 is 19.6 Å². The van der Waals surface area contributed by atoms with Crippen LogP contribution in [0.3, 0.4) is 0 Å². The van der Waals surface area contributed by atoms with E-state index in [0.717, 1.165) is 34.9 Å². The molecule has 5 rings (SSSR count). The molecule has 1 aliphatic rings. The second-order valence-corrected chi connectivity index (χ2v) is 9.08. The van der Waals surface area contributed by atoms with Crippen molar-refractivity contribution < 1.29 is 14.0 Å². The Morgan fingerprint density at radius 2 is 1.91 bits per heavy atom. The van der Waals surface area contributed by atoms with Gasteiger partial charge in [-0.3, -0.25) is 9.59 Å². The fraction of sp³-hybridized carbons (Fsp3) is 0.259. The Kier molecular flexibility index (Phi) is 6.41. The van der Waals surface area contributed by atoms with Crippen LogP contribution in [0.1, 0.15) is 40.4 Å². The average molecular weight is 476 g/mol. The topological polar surface area (TPSA) is 78.3 Å². The lowest BCUT2D eigenvalue weighted by molar-refractivity contribution is -0.126. The number of aromatic nitrogens is 1. The second-order valence-electron chi connectivity index (χ2n) is 8.68. The molecule has 2 amide bonds. The third kappa shape index (κ3) is 4.46. The molecule has 34 heavy (non-hydrogen) atoms. The van der Waals surface area contributed by atoms with E-state index in [9.17, 15) is 9.59 Å². The van der Waals surface area contributed by atoms with Gasteiger partial charge in [-0.1, -0.05) is 48.0 Å². The molecule has 7 heteroatoms. The highest BCUT2D eigenvalue weighted by Crippen LogP contribution is 2.34. The van der Waals surface area contributed by atoms with Crippen molar-refractivity contribution in [1.82, 2.24) is 15.2 Å². The number of rotatable bonds is 6. The van der Waals surface area contributed by atoms with Crippen LogP contribution in [0.15, 0.2) is 77.5 Å². The molecule has 1 saturated heterocycles. The number of amides is 2. The van der Waals surface area contributed by atoms with Crippen LogP contribution in [0.25, 0.3) is 10.9 Å². The summed E-state index contributed by atoms with van der Waals surface area (Å²) in [6.07, 6.45) is 5.01. The number of nitrogens with zero attached hydrogens (tertiary/aromatic N) is 1. The van der Waals surface area contributed by atoms with Gasteiger partial charge in [-0.05, 0) is 48.2 Å². The number of nitrogens with one attached hydrogen (secondary N) is 2. The Balaban J connectivity index is 1.34. The Morgan fingerprint density at radius 3 is 2.74 bits per heavy atom. The number of piperidine rings is 1. The van der Waals surface area contributed by atoms with E-state index in [0.29, 0.717) is 30.4 Å². The van der Waals surface area contributed by atoms with Crippen molar-refractivity contribution in [2.75, 3.05) is 19.6 Å². The van der Waals surface area contributed by atoms with Crippen molar-refractivity contribution in [3.63, 3.8) is 0 Å². The number of para-hydroxylation sites is 1. The van der Waals surface area contributed by atoms with Crippen LogP contribution in [0.4, 0.5) is 0 Å². The van der Waals surface area contributed by atoms with Crippen molar-refractivity contribution >= 4 is 34.3 Å². The minimum atomic E-state index is -0.262. The van der Waals surface area contributed by atoms with Gasteiger partial charge in [0, 0.05) is 47.7 Å². The molecule has 0 aliphatic carbocycles. The number of hydrogen-bond acceptors (Lipinski definition) is 3. The predicted octanol–water partition coefficient (Wildman–Crippen LogP) is 5.21. The zero-order chi connectivity index (χ0) is 23.5. The second kappa shape index (κ2) is 9.77. The summed E-state index contributed by atoms with van der Waals surface area (Å²) in [7, 11) is 0. The molecule has 6 nitrogen and oxygen atoms in total. The van der Waals surface area contributed by atoms with E-state index in [1.807, 2.05) is 48.7 Å². The van der Waals surface area contributed by atoms with E-state index in [2.05, 4.69) is 16.4 Å². The van der Waals surface area contributed by atoms with E-state index in [4.69, 9.17) is 16.0 Å². The summed E-state index contributed by atoms with van der Waals surface area (Å²) in [6.45, 7) is 1.42. The smallest absolute Gasteiger partial charge is 0.289 e. The third-order valence-corrected chi connectivity index (χ3v) is 6.91. The van der Waals surface area contributed by atoms with Crippen molar-refractivity contribution in [1.29, 1.82) is 0 Å². The summed E-state index contributed by atoms with van der Waals surface area (Å²) in [4.78, 5) is 30.9. The van der Waals surface area contributed by atoms with Crippen molar-refractivity contribution in [2.24, 2.45) is 5.92 Å². The molecule has 2 N–H and O–H groups in total. The summed E-state index contributed by atoms with van der Waals surface area (Å²) in [5.74, 6) is -0.288. The first kappa shape index (κ1) is 22.3. The Hall–Kier alpha value is -3.51. The van der Waals surface area contributed by atoms with E-state index >= 15 is 0 Å². The number of carbonyl (C=O) groups is 2. The summed E-state index contributed by atoms with van der Waals surface area (Å²) >= 11 is 6.58. The first-order valence-corrected chi connectivity index (χ1v) is 11.9. The SMILES string of the molecule is O=C(NC[C@H](c1ccccc1Cl)c1c[nH]c2ccccc12)[C@@H]1CCCN(C(=O)c2ccco2)C1. The lowest BCUT2D eigenvalue weighted by Crippen LogP contribution is -2.46. The molecule has 2 atom stereocenters. The minimum Gasteiger partial charge on any atom is -0.459 e. The molecule has 0 radical (unpaired) electrons. The molecular formula is C27H26ClN3O3. The highest BCUT2D eigenvalue weighted by Gasteiger charge is 2.30. The van der Waals surface area contributed by atoms with Crippen LogP contribution in [0, 0.1) is 5.92 Å². The monoisotopic (exact) mass is 475 g/mol. The number of fused-ring (bicyclic) bond motifs is 1. The maximum atomic E-state index is 13.2. The quantitative estimate of drug-likeness (QED) is 0.401. The standard InChI is InChI=1S/C27H26ClN3O3/c28-23-10-3-1-8-19(23)21(22-15-29-24-11-4-2-9-20(22)24)16-30-26(32)18-7-5-13-31(17-18)27(33)25-12-6-14-34-25/h1-4,6,8-12,14-15,18,21,29H,5,7,13,16-17H2,(H,30,32)/t18-,21-/m1/s1. The van der Waals surface area contributed by atoms with Gasteiger partial charge in [0.25, 0.3) is 5.91 Å². The normalized spacial score (nSPS) is 17.0. The maximum Gasteiger partial charge on any atom is 0.289 e. The molecule has 1 aliphatic heterocycles. The molecular weight excluding hydrogens is 450 g/mol. The lowest BCUT2D eigenvalue weighted by atomic mass is 9.90. The first-order chi connectivity index (χ1) is 16.6. The van der Waals surface area contributed by atoms with E-state index in [1.165, 1.54) is 6.26 Å². The van der Waals surface area contributed by atoms with Gasteiger partial charge in [-0.15, -0.1) is 0 Å². The molecule has 0 spiro atoms. The molecule has 3 heterocycles. The molecule has 2 aromatic carbocycles. The summed E-state index contributed by atoms with van der Waals surface area (Å²) in [5, 5.41) is 4.93. The zero-order valence-electron chi connectivity index (χ0n) is 18.7. The average Bonchev–Trinajstić information content (AvgIpc) is 3.56.